The van der Waals surface area contributed by atoms with Gasteiger partial charge in [-0.2, -0.15) is 0 Å². The number of aliphatic hydroxyl groups excluding tert-OH is 1. The van der Waals surface area contributed by atoms with Crippen molar-refractivity contribution in [2.75, 3.05) is 33.9 Å². The van der Waals surface area contributed by atoms with Gasteiger partial charge in [-0.05, 0) is 54.3 Å². The normalized spacial score (nSPS) is 16.4. The van der Waals surface area contributed by atoms with E-state index in [4.69, 9.17) is 19.9 Å². The number of benzene rings is 2. The Kier molecular flexibility index (Phi) is 8.80. The van der Waals surface area contributed by atoms with Crippen LogP contribution in [0.4, 0.5) is 4.79 Å². The number of phenolic OH excluding ortho intramolecular Hbond substituents is 1. The highest BCUT2D eigenvalue weighted by molar-refractivity contribution is 5.91. The van der Waals surface area contributed by atoms with E-state index in [1.54, 1.807) is 24.3 Å². The van der Waals surface area contributed by atoms with Crippen LogP contribution in [0.25, 0.3) is 6.08 Å². The van der Waals surface area contributed by atoms with Gasteiger partial charge in [0.15, 0.2) is 23.0 Å². The standard InChI is InChI=1S/C25H31N3O7/c1-33-20-13-16(6-7-19(20)30)23-18(14-29)17-11-15(12-21(34-2)24(17)35-23)5-8-22(31)27-9-3-4-10-28-25(26)32/h5-8,11-13,18,23,29-30H,3-4,9-10,14H2,1-2H3,(H,27,31)(H3,26,28,32)/b8-5+/t18-,23+/m0/s1. The van der Waals surface area contributed by atoms with Crippen LogP contribution >= 0.6 is 0 Å². The summed E-state index contributed by atoms with van der Waals surface area (Å²) >= 11 is 0. The smallest absolute Gasteiger partial charge is 0.312 e. The van der Waals surface area contributed by atoms with Crippen LogP contribution in [-0.4, -0.2) is 56.1 Å². The van der Waals surface area contributed by atoms with Crippen molar-refractivity contribution >= 4 is 18.0 Å². The molecule has 0 unspecified atom stereocenters. The molecule has 2 atom stereocenters. The van der Waals surface area contributed by atoms with E-state index < -0.39 is 12.1 Å². The first-order valence-electron chi connectivity index (χ1n) is 11.2. The number of hydrogen-bond acceptors (Lipinski definition) is 7. The Bertz CT molecular complexity index is 1090. The van der Waals surface area contributed by atoms with Crippen molar-refractivity contribution in [2.24, 2.45) is 5.73 Å². The van der Waals surface area contributed by atoms with Crippen molar-refractivity contribution in [1.82, 2.24) is 10.6 Å². The molecule has 0 spiro atoms. The topological polar surface area (TPSA) is 152 Å². The Morgan fingerprint density at radius 2 is 1.80 bits per heavy atom. The average Bonchev–Trinajstić information content (AvgIpc) is 3.23. The Morgan fingerprint density at radius 1 is 1.09 bits per heavy atom. The van der Waals surface area contributed by atoms with Gasteiger partial charge in [0, 0.05) is 24.7 Å². The average molecular weight is 486 g/mol. The van der Waals surface area contributed by atoms with Crippen LogP contribution < -0.4 is 30.6 Å². The van der Waals surface area contributed by atoms with Gasteiger partial charge in [-0.15, -0.1) is 0 Å². The molecule has 0 aliphatic carbocycles. The maximum Gasteiger partial charge on any atom is 0.312 e. The van der Waals surface area contributed by atoms with Crippen LogP contribution in [0.1, 0.15) is 41.6 Å². The van der Waals surface area contributed by atoms with E-state index in [0.717, 1.165) is 11.1 Å². The molecule has 3 rings (SSSR count). The molecule has 0 radical (unpaired) electrons. The monoisotopic (exact) mass is 485 g/mol. The van der Waals surface area contributed by atoms with Gasteiger partial charge in [0.25, 0.3) is 0 Å². The Morgan fingerprint density at radius 3 is 2.46 bits per heavy atom. The van der Waals surface area contributed by atoms with Crippen LogP contribution in [0.2, 0.25) is 0 Å². The van der Waals surface area contributed by atoms with Crippen molar-refractivity contribution in [1.29, 1.82) is 0 Å². The molecule has 3 amide bonds. The van der Waals surface area contributed by atoms with Crippen molar-refractivity contribution in [3.8, 4) is 23.0 Å². The van der Waals surface area contributed by atoms with Crippen LogP contribution in [0.5, 0.6) is 23.0 Å². The number of urea groups is 1. The third-order valence-corrected chi connectivity index (χ3v) is 5.69. The molecule has 0 saturated heterocycles. The van der Waals surface area contributed by atoms with Gasteiger partial charge >= 0.3 is 6.03 Å². The first-order valence-corrected chi connectivity index (χ1v) is 11.2. The zero-order chi connectivity index (χ0) is 25.4. The van der Waals surface area contributed by atoms with Gasteiger partial charge in [0.2, 0.25) is 5.91 Å². The number of primary amides is 1. The highest BCUT2D eigenvalue weighted by Crippen LogP contribution is 2.51. The van der Waals surface area contributed by atoms with Gasteiger partial charge in [0.1, 0.15) is 6.10 Å². The predicted octanol–water partition coefficient (Wildman–Crippen LogP) is 2.20. The van der Waals surface area contributed by atoms with E-state index >= 15 is 0 Å². The van der Waals surface area contributed by atoms with Crippen LogP contribution in [0.15, 0.2) is 36.4 Å². The van der Waals surface area contributed by atoms with Crippen LogP contribution in [-0.2, 0) is 4.79 Å². The fourth-order valence-electron chi connectivity index (χ4n) is 3.94. The second-order valence-corrected chi connectivity index (χ2v) is 8.02. The fourth-order valence-corrected chi connectivity index (χ4v) is 3.94. The summed E-state index contributed by atoms with van der Waals surface area (Å²) in [6.45, 7) is 0.750. The number of methoxy groups -OCH3 is 2. The van der Waals surface area contributed by atoms with Gasteiger partial charge in [-0.1, -0.05) is 6.07 Å². The van der Waals surface area contributed by atoms with E-state index in [1.807, 2.05) is 6.07 Å². The number of carbonyl (C=O) groups is 2. The lowest BCUT2D eigenvalue weighted by atomic mass is 9.90. The third-order valence-electron chi connectivity index (χ3n) is 5.69. The molecule has 6 N–H and O–H groups in total. The number of carbonyl (C=O) groups excluding carboxylic acids is 2. The zero-order valence-corrected chi connectivity index (χ0v) is 19.7. The van der Waals surface area contributed by atoms with E-state index in [0.29, 0.717) is 48.7 Å². The molecule has 0 saturated carbocycles. The summed E-state index contributed by atoms with van der Waals surface area (Å²) in [7, 11) is 2.99. The molecule has 0 bridgehead atoms. The van der Waals surface area contributed by atoms with E-state index in [2.05, 4.69) is 10.6 Å². The number of ether oxygens (including phenoxy) is 3. The molecule has 0 fully saturated rings. The number of unbranched alkanes of at least 4 members (excludes halogenated alkanes) is 1. The second-order valence-electron chi connectivity index (χ2n) is 8.02. The number of aliphatic hydroxyl groups is 1. The van der Waals surface area contributed by atoms with Gasteiger partial charge in [0.05, 0.1) is 26.7 Å². The van der Waals surface area contributed by atoms with E-state index in [-0.39, 0.29) is 24.2 Å². The molecule has 2 aromatic carbocycles. The summed E-state index contributed by atoms with van der Waals surface area (Å²) in [6, 6.07) is 7.97. The number of nitrogens with two attached hydrogens (primary N) is 1. The number of fused-ring (bicyclic) bond motifs is 1. The lowest BCUT2D eigenvalue weighted by Crippen LogP contribution is -2.30. The summed E-state index contributed by atoms with van der Waals surface area (Å²) in [6.07, 6.45) is 3.98. The molecule has 188 valence electrons. The quantitative estimate of drug-likeness (QED) is 0.242. The molecule has 10 nitrogen and oxygen atoms in total. The van der Waals surface area contributed by atoms with Crippen LogP contribution in [0, 0.1) is 0 Å². The summed E-state index contributed by atoms with van der Waals surface area (Å²) < 4.78 is 16.9. The second kappa shape index (κ2) is 12.0. The summed E-state index contributed by atoms with van der Waals surface area (Å²) in [4.78, 5) is 22.8. The van der Waals surface area contributed by atoms with Crippen molar-refractivity contribution < 1.29 is 34.0 Å². The Hall–Kier alpha value is -3.92. The first-order chi connectivity index (χ1) is 16.9. The molecule has 35 heavy (non-hydrogen) atoms. The minimum atomic E-state index is -0.565. The molecule has 1 aliphatic rings. The lowest BCUT2D eigenvalue weighted by Gasteiger charge is -2.18. The highest BCUT2D eigenvalue weighted by Gasteiger charge is 2.37. The van der Waals surface area contributed by atoms with Crippen LogP contribution in [0.3, 0.4) is 0 Å². The van der Waals surface area contributed by atoms with Gasteiger partial charge in [-0.3, -0.25) is 4.79 Å². The predicted molar refractivity (Wildman–Crippen MR) is 130 cm³/mol. The minimum absolute atomic E-state index is 0.0120. The zero-order valence-electron chi connectivity index (χ0n) is 19.7. The molecular weight excluding hydrogens is 454 g/mol. The Labute approximate surface area is 203 Å². The molecule has 2 aromatic rings. The lowest BCUT2D eigenvalue weighted by molar-refractivity contribution is -0.116. The van der Waals surface area contributed by atoms with Crippen molar-refractivity contribution in [2.45, 2.75) is 24.9 Å². The maximum atomic E-state index is 12.2. The number of aromatic hydroxyl groups is 1. The number of rotatable bonds is 11. The number of nitrogens with one attached hydrogen (secondary N) is 2. The third kappa shape index (κ3) is 6.36. The molecular formula is C25H31N3O7. The highest BCUT2D eigenvalue weighted by atomic mass is 16.5. The molecule has 1 heterocycles. The number of amides is 3. The number of phenols is 1. The molecule has 1 aliphatic heterocycles. The van der Waals surface area contributed by atoms with Gasteiger partial charge < -0.3 is 40.8 Å². The summed E-state index contributed by atoms with van der Waals surface area (Å²) in [5.74, 6) is 0.689. The first kappa shape index (κ1) is 25.7. The van der Waals surface area contributed by atoms with Gasteiger partial charge in [-0.25, -0.2) is 4.79 Å². The van der Waals surface area contributed by atoms with E-state index in [9.17, 15) is 19.8 Å². The Balaban J connectivity index is 1.71. The van der Waals surface area contributed by atoms with E-state index in [1.165, 1.54) is 26.4 Å². The van der Waals surface area contributed by atoms with Crippen molar-refractivity contribution in [3.05, 3.63) is 53.1 Å². The largest absolute Gasteiger partial charge is 0.504 e. The summed E-state index contributed by atoms with van der Waals surface area (Å²) in [5.41, 5.74) is 7.21. The molecule has 0 aromatic heterocycles. The fraction of sp³-hybridized carbons (Fsp3) is 0.360. The number of hydrogen-bond donors (Lipinski definition) is 5. The maximum absolute atomic E-state index is 12.2. The van der Waals surface area contributed by atoms with Crippen molar-refractivity contribution in [3.63, 3.8) is 0 Å². The molecule has 10 heteroatoms. The SMILES string of the molecule is COc1cc([C@H]2Oc3c(OC)cc(/C=C/C(=O)NCCCCNC(N)=O)cc3[C@@H]2CO)ccc1O. The minimum Gasteiger partial charge on any atom is -0.504 e. The summed E-state index contributed by atoms with van der Waals surface area (Å²) in [5, 5.41) is 25.4.